The molecule has 10 nitrogen and oxygen atoms in total. The number of hydrogen-bond acceptors (Lipinski definition) is 7. The summed E-state index contributed by atoms with van der Waals surface area (Å²) < 4.78 is 67.9. The third-order valence-electron chi connectivity index (χ3n) is 6.23. The van der Waals surface area contributed by atoms with Crippen LogP contribution >= 0.6 is 0 Å². The van der Waals surface area contributed by atoms with Crippen molar-refractivity contribution < 1.29 is 18.6 Å². The smallest absolute Gasteiger partial charge is 0.277 e. The van der Waals surface area contributed by atoms with Crippen molar-refractivity contribution in [2.45, 2.75) is 63.3 Å². The Balaban J connectivity index is 1.69. The van der Waals surface area contributed by atoms with Gasteiger partial charge in [-0.05, 0) is 63.8 Å². The van der Waals surface area contributed by atoms with Crippen molar-refractivity contribution in [2.24, 2.45) is 7.05 Å². The Morgan fingerprint density at radius 3 is 2.92 bits per heavy atom. The number of aromatic nitrogens is 4. The lowest BCUT2D eigenvalue weighted by atomic mass is 10.1. The summed E-state index contributed by atoms with van der Waals surface area (Å²) in [5.74, 6) is 0.499. The fourth-order valence-corrected chi connectivity index (χ4v) is 5.39. The van der Waals surface area contributed by atoms with Crippen LogP contribution in [0.3, 0.4) is 0 Å². The van der Waals surface area contributed by atoms with Gasteiger partial charge in [-0.1, -0.05) is 20.3 Å². The molecule has 196 valence electrons. The SMILES string of the molecule is [2H]C(CC1CCCN1C([2H])([2H])[2H])NS(=O)(=O)c1ccc(OCCC)c(-c2nc3c(CCC)nn(C)c3c(=O)[nH]2)c1. The van der Waals surface area contributed by atoms with Crippen LogP contribution in [0.4, 0.5) is 0 Å². The molecule has 36 heavy (non-hydrogen) atoms. The fourth-order valence-electron chi connectivity index (χ4n) is 4.42. The van der Waals surface area contributed by atoms with Crippen molar-refractivity contribution in [1.29, 1.82) is 0 Å². The maximum atomic E-state index is 13.3. The number of ether oxygens (including phenoxy) is 1. The lowest BCUT2D eigenvalue weighted by Crippen LogP contribution is -2.31. The summed E-state index contributed by atoms with van der Waals surface area (Å²) in [5.41, 5.74) is 1.31. The Morgan fingerprint density at radius 2 is 2.17 bits per heavy atom. The molecule has 4 rings (SSSR count). The highest BCUT2D eigenvalue weighted by Gasteiger charge is 2.23. The molecular weight excluding hydrogens is 480 g/mol. The first-order valence-corrected chi connectivity index (χ1v) is 13.8. The molecule has 1 saturated heterocycles. The van der Waals surface area contributed by atoms with Gasteiger partial charge in [-0.3, -0.25) is 9.48 Å². The van der Waals surface area contributed by atoms with Crippen LogP contribution in [-0.2, 0) is 23.5 Å². The van der Waals surface area contributed by atoms with Crippen LogP contribution in [0.25, 0.3) is 22.4 Å². The molecule has 2 N–H and O–H groups in total. The third-order valence-corrected chi connectivity index (χ3v) is 7.58. The number of likely N-dealkylation sites (tertiary alicyclic amines) is 1. The van der Waals surface area contributed by atoms with Crippen LogP contribution in [-0.4, -0.2) is 65.8 Å². The van der Waals surface area contributed by atoms with Crippen LogP contribution in [0.15, 0.2) is 27.9 Å². The summed E-state index contributed by atoms with van der Waals surface area (Å²) in [6.45, 7) is 1.15. The molecule has 0 amide bonds. The topological polar surface area (TPSA) is 122 Å². The first kappa shape index (κ1) is 21.3. The van der Waals surface area contributed by atoms with Gasteiger partial charge < -0.3 is 14.6 Å². The largest absolute Gasteiger partial charge is 0.493 e. The van der Waals surface area contributed by atoms with Crippen molar-refractivity contribution >= 4 is 21.1 Å². The maximum Gasteiger partial charge on any atom is 0.277 e. The zero-order valence-electron chi connectivity index (χ0n) is 24.9. The second-order valence-electron chi connectivity index (χ2n) is 8.99. The third kappa shape index (κ3) is 5.47. The summed E-state index contributed by atoms with van der Waals surface area (Å²) in [4.78, 5) is 21.7. The van der Waals surface area contributed by atoms with Gasteiger partial charge in [0.25, 0.3) is 5.56 Å². The number of rotatable bonds is 11. The van der Waals surface area contributed by atoms with E-state index < -0.39 is 35.1 Å². The van der Waals surface area contributed by atoms with E-state index in [1.165, 1.54) is 27.8 Å². The second-order valence-corrected chi connectivity index (χ2v) is 10.7. The molecule has 0 aliphatic carbocycles. The number of benzene rings is 1. The van der Waals surface area contributed by atoms with E-state index in [1.807, 2.05) is 13.8 Å². The lowest BCUT2D eigenvalue weighted by molar-refractivity contribution is 0.297. The minimum absolute atomic E-state index is 0.0366. The Kier molecular flexibility index (Phi) is 6.58. The molecule has 1 fully saturated rings. The molecule has 1 aliphatic rings. The van der Waals surface area contributed by atoms with E-state index in [0.717, 1.165) is 6.42 Å². The molecule has 2 aromatic heterocycles. The van der Waals surface area contributed by atoms with Gasteiger partial charge in [-0.15, -0.1) is 0 Å². The standard InChI is InChI=1S/C25H36N6O4S/c1-5-8-20-22-23(31(4)29-20)25(32)28-24(27-22)19-16-18(10-11-21(19)35-15-6-2)36(33,34)26-13-12-17-9-7-14-30(17)3/h10-11,16-17,26H,5-9,12-15H2,1-4H3,(H,27,28,32)/i3D3,13D. The van der Waals surface area contributed by atoms with Gasteiger partial charge in [0, 0.05) is 25.1 Å². The van der Waals surface area contributed by atoms with Crippen LogP contribution in [0, 0.1) is 0 Å². The molecule has 11 heteroatoms. The number of sulfonamides is 1. The van der Waals surface area contributed by atoms with Crippen molar-refractivity contribution in [2.75, 3.05) is 26.6 Å². The van der Waals surface area contributed by atoms with Crippen molar-refractivity contribution in [1.82, 2.24) is 29.4 Å². The van der Waals surface area contributed by atoms with E-state index in [2.05, 4.69) is 19.8 Å². The highest BCUT2D eigenvalue weighted by atomic mass is 32.2. The lowest BCUT2D eigenvalue weighted by Gasteiger charge is -2.19. The number of hydrogen-bond donors (Lipinski definition) is 2. The van der Waals surface area contributed by atoms with E-state index in [9.17, 15) is 13.2 Å². The zero-order valence-corrected chi connectivity index (χ0v) is 21.7. The van der Waals surface area contributed by atoms with Crippen molar-refractivity contribution in [3.8, 4) is 17.1 Å². The predicted octanol–water partition coefficient (Wildman–Crippen LogP) is 2.83. The van der Waals surface area contributed by atoms with Crippen molar-refractivity contribution in [3.05, 3.63) is 34.2 Å². The van der Waals surface area contributed by atoms with E-state index in [-0.39, 0.29) is 22.7 Å². The molecule has 0 saturated carbocycles. The van der Waals surface area contributed by atoms with E-state index in [1.54, 1.807) is 7.05 Å². The number of aromatic amines is 1. The number of aryl methyl sites for hydroxylation is 2. The maximum absolute atomic E-state index is 13.3. The fraction of sp³-hybridized carbons (Fsp3) is 0.560. The number of nitrogens with one attached hydrogen (secondary N) is 2. The van der Waals surface area contributed by atoms with E-state index in [4.69, 9.17) is 10.2 Å². The Morgan fingerprint density at radius 1 is 1.33 bits per heavy atom. The summed E-state index contributed by atoms with van der Waals surface area (Å²) in [7, 11) is -2.50. The first-order chi connectivity index (χ1) is 18.9. The average Bonchev–Trinajstić information content (AvgIpc) is 3.46. The molecule has 0 bridgehead atoms. The number of nitrogens with zero attached hydrogens (tertiary/aromatic N) is 4. The van der Waals surface area contributed by atoms with Gasteiger partial charge in [0.2, 0.25) is 10.0 Å². The van der Waals surface area contributed by atoms with Crippen LogP contribution in [0.1, 0.15) is 57.1 Å². The van der Waals surface area contributed by atoms with Gasteiger partial charge in [0.05, 0.1) is 22.8 Å². The molecule has 0 spiro atoms. The first-order valence-electron chi connectivity index (χ1n) is 14.4. The summed E-state index contributed by atoms with van der Waals surface area (Å²) >= 11 is 0. The Labute approximate surface area is 217 Å². The number of fused-ring (bicyclic) bond motifs is 1. The van der Waals surface area contributed by atoms with Gasteiger partial charge in [0.1, 0.15) is 17.1 Å². The van der Waals surface area contributed by atoms with Gasteiger partial charge in [-0.25, -0.2) is 18.1 Å². The normalized spacial score (nSPS) is 19.6. The minimum atomic E-state index is -4.18. The molecule has 2 atom stereocenters. The Hall–Kier alpha value is -2.76. The molecule has 2 unspecified atom stereocenters. The molecule has 3 heterocycles. The monoisotopic (exact) mass is 520 g/mol. The summed E-state index contributed by atoms with van der Waals surface area (Å²) in [6.07, 6.45) is 3.43. The molecular formula is C25H36N6O4S. The van der Waals surface area contributed by atoms with Crippen LogP contribution < -0.4 is 15.0 Å². The molecule has 1 aromatic carbocycles. The average molecular weight is 521 g/mol. The number of H-pyrrole nitrogens is 1. The molecule has 3 aromatic rings. The van der Waals surface area contributed by atoms with E-state index >= 15 is 0 Å². The molecule has 0 radical (unpaired) electrons. The Bertz CT molecular complexity index is 1520. The van der Waals surface area contributed by atoms with Gasteiger partial charge >= 0.3 is 0 Å². The van der Waals surface area contributed by atoms with Crippen LogP contribution in [0.2, 0.25) is 0 Å². The predicted molar refractivity (Wildman–Crippen MR) is 140 cm³/mol. The highest BCUT2D eigenvalue weighted by Crippen LogP contribution is 2.31. The summed E-state index contributed by atoms with van der Waals surface area (Å²) in [6, 6.07) is 3.82. The highest BCUT2D eigenvalue weighted by molar-refractivity contribution is 7.89. The summed E-state index contributed by atoms with van der Waals surface area (Å²) in [5, 5.41) is 4.44. The van der Waals surface area contributed by atoms with Crippen LogP contribution in [0.5, 0.6) is 5.75 Å². The zero-order chi connectivity index (χ0) is 29.2. The van der Waals surface area contributed by atoms with Gasteiger partial charge in [-0.2, -0.15) is 5.10 Å². The second kappa shape index (κ2) is 11.1. The van der Waals surface area contributed by atoms with Crippen molar-refractivity contribution in [3.63, 3.8) is 0 Å². The molecule has 1 aliphatic heterocycles. The van der Waals surface area contributed by atoms with Gasteiger partial charge in [0.15, 0.2) is 5.52 Å². The quantitative estimate of drug-likeness (QED) is 0.399. The minimum Gasteiger partial charge on any atom is -0.493 e. The van der Waals surface area contributed by atoms with E-state index in [0.29, 0.717) is 61.3 Å².